The van der Waals surface area contributed by atoms with E-state index in [2.05, 4.69) is 16.7 Å². The smallest absolute Gasteiger partial charge is 0.416 e. The van der Waals surface area contributed by atoms with Crippen molar-refractivity contribution in [1.82, 2.24) is 4.40 Å². The molecule has 0 saturated heterocycles. The minimum Gasteiger partial charge on any atom is -0.496 e. The van der Waals surface area contributed by atoms with Crippen molar-refractivity contribution in [2.75, 3.05) is 14.2 Å². The molecule has 0 fully saturated rings. The zero-order valence-electron chi connectivity index (χ0n) is 21.9. The molecular formula is C31H28F3N2O2+. The van der Waals surface area contributed by atoms with Gasteiger partial charge in [-0.2, -0.15) is 22.1 Å². The van der Waals surface area contributed by atoms with E-state index in [0.29, 0.717) is 17.1 Å². The van der Waals surface area contributed by atoms with Crippen LogP contribution < -0.4 is 14.0 Å². The van der Waals surface area contributed by atoms with Gasteiger partial charge in [-0.25, -0.2) is 0 Å². The molecule has 0 N–H and O–H groups in total. The van der Waals surface area contributed by atoms with Crippen molar-refractivity contribution in [3.8, 4) is 39.7 Å². The van der Waals surface area contributed by atoms with Gasteiger partial charge in [-0.05, 0) is 80.4 Å². The molecule has 7 heteroatoms. The van der Waals surface area contributed by atoms with Crippen molar-refractivity contribution in [2.45, 2.75) is 26.9 Å². The Balaban J connectivity index is 1.88. The lowest BCUT2D eigenvalue weighted by Gasteiger charge is -2.12. The lowest BCUT2D eigenvalue weighted by Crippen LogP contribution is -2.33. The average Bonchev–Trinajstić information content (AvgIpc) is 3.26. The third-order valence-electron chi connectivity index (χ3n) is 6.79. The number of methoxy groups -OCH3 is 2. The zero-order chi connectivity index (χ0) is 27.2. The van der Waals surface area contributed by atoms with Gasteiger partial charge in [0.15, 0.2) is 11.2 Å². The molecular weight excluding hydrogens is 489 g/mol. The molecule has 0 aliphatic rings. The SMILES string of the molecule is COc1cccc(OC)c1-c1cccc2c(-c3ccc(C(F)(F)F)cc3)[n+](-c3c(C)cc(C)cc3C)cn12. The maximum absolute atomic E-state index is 13.4. The fraction of sp³-hybridized carbons (Fsp3) is 0.194. The predicted octanol–water partition coefficient (Wildman–Crippen LogP) is 7.51. The van der Waals surface area contributed by atoms with Gasteiger partial charge in [0.1, 0.15) is 28.4 Å². The van der Waals surface area contributed by atoms with Crippen LogP contribution in [0.1, 0.15) is 22.3 Å². The average molecular weight is 518 g/mol. The molecule has 0 aliphatic heterocycles. The van der Waals surface area contributed by atoms with E-state index in [-0.39, 0.29) is 0 Å². The minimum atomic E-state index is -4.41. The number of imidazole rings is 1. The molecule has 38 heavy (non-hydrogen) atoms. The standard InChI is InChI=1S/C31H28F3N2O2/c1-19-16-20(2)29(21(3)17-19)36-18-35-24(28-26(37-4)10-7-11-27(28)38-5)8-6-9-25(35)30(36)22-12-14-23(15-13-22)31(32,33)34/h6-18H,1-5H3/q+1. The van der Waals surface area contributed by atoms with Crippen molar-refractivity contribution in [3.05, 3.63) is 101 Å². The van der Waals surface area contributed by atoms with Gasteiger partial charge < -0.3 is 9.47 Å². The van der Waals surface area contributed by atoms with Gasteiger partial charge in [0, 0.05) is 5.56 Å². The first-order valence-corrected chi connectivity index (χ1v) is 12.2. The van der Waals surface area contributed by atoms with Crippen LogP contribution in [-0.4, -0.2) is 18.6 Å². The molecule has 0 aliphatic carbocycles. The fourth-order valence-corrected chi connectivity index (χ4v) is 5.27. The van der Waals surface area contributed by atoms with Gasteiger partial charge >= 0.3 is 6.18 Å². The second kappa shape index (κ2) is 9.56. The summed E-state index contributed by atoms with van der Waals surface area (Å²) < 4.78 is 55.5. The van der Waals surface area contributed by atoms with Crippen LogP contribution in [0.2, 0.25) is 0 Å². The first kappa shape index (κ1) is 25.4. The van der Waals surface area contributed by atoms with Crippen molar-refractivity contribution in [1.29, 1.82) is 0 Å². The van der Waals surface area contributed by atoms with Crippen LogP contribution in [0.4, 0.5) is 13.2 Å². The number of aryl methyl sites for hydroxylation is 3. The highest BCUT2D eigenvalue weighted by Gasteiger charge is 2.32. The molecule has 4 nitrogen and oxygen atoms in total. The van der Waals surface area contributed by atoms with Gasteiger partial charge in [-0.15, -0.1) is 0 Å². The molecule has 0 spiro atoms. The summed E-state index contributed by atoms with van der Waals surface area (Å²) in [6, 6.07) is 21.0. The topological polar surface area (TPSA) is 26.8 Å². The summed E-state index contributed by atoms with van der Waals surface area (Å²) in [4.78, 5) is 0. The van der Waals surface area contributed by atoms with Crippen molar-refractivity contribution in [3.63, 3.8) is 0 Å². The predicted molar refractivity (Wildman–Crippen MR) is 142 cm³/mol. The van der Waals surface area contributed by atoms with Crippen molar-refractivity contribution in [2.24, 2.45) is 0 Å². The lowest BCUT2D eigenvalue weighted by atomic mass is 10.0. The van der Waals surface area contributed by atoms with Crippen LogP contribution >= 0.6 is 0 Å². The quantitative estimate of drug-likeness (QED) is 0.226. The molecule has 0 saturated carbocycles. The Morgan fingerprint density at radius 2 is 1.34 bits per heavy atom. The Hall–Kier alpha value is -4.26. The number of alkyl halides is 3. The van der Waals surface area contributed by atoms with Gasteiger partial charge in [-0.3, -0.25) is 0 Å². The second-order valence-corrected chi connectivity index (χ2v) is 9.36. The van der Waals surface area contributed by atoms with Crippen LogP contribution in [0.15, 0.2) is 79.1 Å². The lowest BCUT2D eigenvalue weighted by molar-refractivity contribution is -0.583. The molecule has 5 aromatic rings. The summed E-state index contributed by atoms with van der Waals surface area (Å²) >= 11 is 0. The third kappa shape index (κ3) is 4.28. The van der Waals surface area contributed by atoms with E-state index >= 15 is 0 Å². The van der Waals surface area contributed by atoms with E-state index in [4.69, 9.17) is 9.47 Å². The highest BCUT2D eigenvalue weighted by molar-refractivity contribution is 5.81. The summed E-state index contributed by atoms with van der Waals surface area (Å²) in [5, 5.41) is 0. The molecule has 2 aromatic heterocycles. The highest BCUT2D eigenvalue weighted by Crippen LogP contribution is 2.40. The normalized spacial score (nSPS) is 11.7. The van der Waals surface area contributed by atoms with Gasteiger partial charge in [0.2, 0.25) is 0 Å². The molecule has 194 valence electrons. The Labute approximate surface area is 219 Å². The Bertz CT molecular complexity index is 1610. The number of pyridine rings is 1. The molecule has 0 unspecified atom stereocenters. The van der Waals surface area contributed by atoms with E-state index in [1.807, 2.05) is 67.9 Å². The fourth-order valence-electron chi connectivity index (χ4n) is 5.27. The van der Waals surface area contributed by atoms with Gasteiger partial charge in [-0.1, -0.05) is 29.8 Å². The summed E-state index contributed by atoms with van der Waals surface area (Å²) in [5.74, 6) is 1.30. The largest absolute Gasteiger partial charge is 0.496 e. The summed E-state index contributed by atoms with van der Waals surface area (Å²) in [5.41, 5.74) is 7.45. The maximum Gasteiger partial charge on any atom is 0.416 e. The number of rotatable bonds is 5. The van der Waals surface area contributed by atoms with Crippen LogP contribution in [0, 0.1) is 20.8 Å². The van der Waals surface area contributed by atoms with Crippen LogP contribution in [0.5, 0.6) is 11.5 Å². The van der Waals surface area contributed by atoms with E-state index in [1.54, 1.807) is 14.2 Å². The van der Waals surface area contributed by atoms with Gasteiger partial charge in [0.25, 0.3) is 6.33 Å². The Morgan fingerprint density at radius 3 is 1.89 bits per heavy atom. The molecule has 0 atom stereocenters. The maximum atomic E-state index is 13.4. The van der Waals surface area contributed by atoms with Crippen LogP contribution in [0.3, 0.4) is 0 Å². The first-order valence-electron chi connectivity index (χ1n) is 12.2. The number of ether oxygens (including phenoxy) is 2. The zero-order valence-corrected chi connectivity index (χ0v) is 21.9. The molecule has 0 bridgehead atoms. The van der Waals surface area contributed by atoms with Crippen molar-refractivity contribution >= 4 is 5.52 Å². The van der Waals surface area contributed by atoms with E-state index in [1.165, 1.54) is 12.1 Å². The van der Waals surface area contributed by atoms with Crippen molar-refractivity contribution < 1.29 is 27.2 Å². The summed E-state index contributed by atoms with van der Waals surface area (Å²) in [7, 11) is 3.22. The van der Waals surface area contributed by atoms with Gasteiger partial charge in [0.05, 0.1) is 19.8 Å². The number of aromatic nitrogens is 2. The summed E-state index contributed by atoms with van der Waals surface area (Å²) in [6.45, 7) is 6.14. The van der Waals surface area contributed by atoms with E-state index in [9.17, 15) is 13.2 Å². The molecule has 0 radical (unpaired) electrons. The first-order chi connectivity index (χ1) is 18.1. The second-order valence-electron chi connectivity index (χ2n) is 9.36. The number of benzene rings is 3. The molecule has 0 amide bonds. The highest BCUT2D eigenvalue weighted by atomic mass is 19.4. The number of hydrogen-bond donors (Lipinski definition) is 0. The Morgan fingerprint density at radius 1 is 0.763 bits per heavy atom. The number of halogens is 3. The molecule has 3 aromatic carbocycles. The van der Waals surface area contributed by atoms with E-state index in [0.717, 1.165) is 57.0 Å². The van der Waals surface area contributed by atoms with Crippen LogP contribution in [0.25, 0.3) is 33.7 Å². The molecule has 5 rings (SSSR count). The monoisotopic (exact) mass is 517 g/mol. The minimum absolute atomic E-state index is 0.649. The molecule has 2 heterocycles. The third-order valence-corrected chi connectivity index (χ3v) is 6.79. The number of nitrogens with zero attached hydrogens (tertiary/aromatic N) is 2. The van der Waals surface area contributed by atoms with Crippen LogP contribution in [-0.2, 0) is 6.18 Å². The number of hydrogen-bond acceptors (Lipinski definition) is 2. The van der Waals surface area contributed by atoms with E-state index < -0.39 is 11.7 Å². The summed E-state index contributed by atoms with van der Waals surface area (Å²) in [6.07, 6.45) is -2.43. The Kier molecular flexibility index (Phi) is 6.39. The number of fused-ring (bicyclic) bond motifs is 1.